The molecule has 1 heterocycles. The van der Waals surface area contributed by atoms with Crippen LogP contribution >= 0.6 is 11.6 Å². The number of hydrogen-bond acceptors (Lipinski definition) is 6. The van der Waals surface area contributed by atoms with Crippen molar-refractivity contribution >= 4 is 35.4 Å². The van der Waals surface area contributed by atoms with Crippen molar-refractivity contribution in [2.45, 2.75) is 37.9 Å². The molecule has 1 atom stereocenters. The molecule has 6 N–H and O–H groups in total. The van der Waals surface area contributed by atoms with Crippen molar-refractivity contribution in [1.29, 1.82) is 0 Å². The lowest BCUT2D eigenvalue weighted by Crippen LogP contribution is -2.44. The smallest absolute Gasteiger partial charge is 0.272 e. The topological polar surface area (TPSA) is 118 Å². The molecular weight excluding hydrogens is 340 g/mol. The maximum Gasteiger partial charge on any atom is 0.272 e. The third-order valence-electron chi connectivity index (χ3n) is 4.33. The van der Waals surface area contributed by atoms with Crippen LogP contribution in [0.3, 0.4) is 0 Å². The number of nitrogens with two attached hydrogens (primary N) is 2. The SMILES string of the molecule is NC1=NC=NC(NC2CCCC2)C1=C(N)C(=O)Nc1cccc(Cl)c1. The molecule has 132 valence electrons. The predicted molar refractivity (Wildman–Crippen MR) is 101 cm³/mol. The number of carbonyl (C=O) groups excluding carboxylic acids is 1. The third kappa shape index (κ3) is 4.18. The number of anilines is 1. The van der Waals surface area contributed by atoms with Crippen molar-refractivity contribution in [1.82, 2.24) is 5.32 Å². The quantitative estimate of drug-likeness (QED) is 0.611. The number of nitrogens with one attached hydrogen (secondary N) is 2. The van der Waals surface area contributed by atoms with E-state index in [1.165, 1.54) is 19.2 Å². The lowest BCUT2D eigenvalue weighted by atomic mass is 10.1. The molecule has 1 amide bonds. The number of hydrogen-bond donors (Lipinski definition) is 4. The molecular formula is C17H21ClN6O. The van der Waals surface area contributed by atoms with Crippen LogP contribution in [0, 0.1) is 0 Å². The Labute approximate surface area is 151 Å². The second-order valence-corrected chi connectivity index (χ2v) is 6.56. The largest absolute Gasteiger partial charge is 0.394 e. The standard InChI is InChI=1S/C17H21ClN6O/c18-10-4-3-7-12(8-10)24-17(25)14(19)13-15(20)21-9-22-16(13)23-11-5-1-2-6-11/h3-4,7-9,11,16,23H,1-2,5-6,19H2,(H,24,25)(H2,20,21,22). The molecule has 0 radical (unpaired) electrons. The van der Waals surface area contributed by atoms with E-state index in [0.29, 0.717) is 22.3 Å². The van der Waals surface area contributed by atoms with Crippen molar-refractivity contribution in [2.75, 3.05) is 5.32 Å². The summed E-state index contributed by atoms with van der Waals surface area (Å²) in [4.78, 5) is 20.8. The predicted octanol–water partition coefficient (Wildman–Crippen LogP) is 1.75. The maximum atomic E-state index is 12.5. The fourth-order valence-electron chi connectivity index (χ4n) is 3.06. The molecule has 0 aromatic heterocycles. The number of aliphatic imine (C=N–C) groups is 2. The molecule has 1 aliphatic heterocycles. The summed E-state index contributed by atoms with van der Waals surface area (Å²) >= 11 is 5.94. The van der Waals surface area contributed by atoms with Gasteiger partial charge in [0.2, 0.25) is 0 Å². The highest BCUT2D eigenvalue weighted by atomic mass is 35.5. The Morgan fingerprint density at radius 1 is 1.28 bits per heavy atom. The van der Waals surface area contributed by atoms with Gasteiger partial charge in [0.15, 0.2) is 0 Å². The van der Waals surface area contributed by atoms with E-state index in [2.05, 4.69) is 20.6 Å². The van der Waals surface area contributed by atoms with E-state index in [4.69, 9.17) is 23.1 Å². The summed E-state index contributed by atoms with van der Waals surface area (Å²) in [5.41, 5.74) is 13.0. The van der Waals surface area contributed by atoms with Crippen LogP contribution in [-0.2, 0) is 4.79 Å². The fourth-order valence-corrected chi connectivity index (χ4v) is 3.25. The molecule has 1 aromatic rings. The summed E-state index contributed by atoms with van der Waals surface area (Å²) in [6, 6.07) is 7.18. The van der Waals surface area contributed by atoms with E-state index in [9.17, 15) is 4.79 Å². The molecule has 1 saturated carbocycles. The van der Waals surface area contributed by atoms with E-state index >= 15 is 0 Å². The van der Waals surface area contributed by atoms with Gasteiger partial charge in [-0.05, 0) is 31.0 Å². The highest BCUT2D eigenvalue weighted by Gasteiger charge is 2.28. The van der Waals surface area contributed by atoms with Crippen molar-refractivity contribution in [3.63, 3.8) is 0 Å². The summed E-state index contributed by atoms with van der Waals surface area (Å²) in [7, 11) is 0. The van der Waals surface area contributed by atoms with E-state index in [0.717, 1.165) is 12.8 Å². The van der Waals surface area contributed by atoms with Crippen LogP contribution in [0.5, 0.6) is 0 Å². The number of rotatable bonds is 4. The third-order valence-corrected chi connectivity index (χ3v) is 4.56. The number of amides is 1. The van der Waals surface area contributed by atoms with Crippen LogP contribution < -0.4 is 22.1 Å². The van der Waals surface area contributed by atoms with Gasteiger partial charge in [0, 0.05) is 16.8 Å². The van der Waals surface area contributed by atoms with Gasteiger partial charge in [0.1, 0.15) is 24.0 Å². The van der Waals surface area contributed by atoms with Gasteiger partial charge < -0.3 is 16.8 Å². The van der Waals surface area contributed by atoms with Crippen molar-refractivity contribution in [3.8, 4) is 0 Å². The highest BCUT2D eigenvalue weighted by molar-refractivity contribution is 6.31. The number of carbonyl (C=O) groups is 1. The summed E-state index contributed by atoms with van der Waals surface area (Å²) in [6.45, 7) is 0. The van der Waals surface area contributed by atoms with Crippen molar-refractivity contribution in [2.24, 2.45) is 21.5 Å². The van der Waals surface area contributed by atoms with Crippen LogP contribution in [0.25, 0.3) is 0 Å². The molecule has 1 fully saturated rings. The van der Waals surface area contributed by atoms with E-state index in [1.807, 2.05) is 0 Å². The van der Waals surface area contributed by atoms with Gasteiger partial charge in [0.05, 0.1) is 5.57 Å². The summed E-state index contributed by atoms with van der Waals surface area (Å²) < 4.78 is 0. The Morgan fingerprint density at radius 3 is 2.76 bits per heavy atom. The molecule has 3 rings (SSSR count). The first-order valence-electron chi connectivity index (χ1n) is 8.22. The van der Waals surface area contributed by atoms with E-state index < -0.39 is 12.1 Å². The average Bonchev–Trinajstić information content (AvgIpc) is 3.07. The number of halogens is 1. The van der Waals surface area contributed by atoms with Crippen LogP contribution in [0.1, 0.15) is 25.7 Å². The first-order chi connectivity index (χ1) is 12.0. The van der Waals surface area contributed by atoms with Gasteiger partial charge in [-0.3, -0.25) is 10.1 Å². The number of amidine groups is 1. The van der Waals surface area contributed by atoms with Crippen molar-refractivity contribution in [3.05, 3.63) is 40.6 Å². The minimum Gasteiger partial charge on any atom is -0.394 e. The molecule has 1 unspecified atom stereocenters. The molecule has 0 bridgehead atoms. The Bertz CT molecular complexity index is 751. The maximum absolute atomic E-state index is 12.5. The second kappa shape index (κ2) is 7.67. The molecule has 2 aliphatic rings. The molecule has 1 aromatic carbocycles. The van der Waals surface area contributed by atoms with Crippen molar-refractivity contribution < 1.29 is 4.79 Å². The molecule has 1 aliphatic carbocycles. The molecule has 25 heavy (non-hydrogen) atoms. The zero-order valence-corrected chi connectivity index (χ0v) is 14.5. The van der Waals surface area contributed by atoms with Gasteiger partial charge in [-0.15, -0.1) is 0 Å². The van der Waals surface area contributed by atoms with Crippen LogP contribution in [0.2, 0.25) is 5.02 Å². The average molecular weight is 361 g/mol. The molecule has 7 nitrogen and oxygen atoms in total. The Morgan fingerprint density at radius 2 is 2.04 bits per heavy atom. The van der Waals surface area contributed by atoms with Crippen LogP contribution in [0.4, 0.5) is 5.69 Å². The Hall–Kier alpha value is -2.38. The summed E-state index contributed by atoms with van der Waals surface area (Å²) in [5, 5.41) is 6.65. The van der Waals surface area contributed by atoms with Gasteiger partial charge >= 0.3 is 0 Å². The first kappa shape index (κ1) is 17.4. The van der Waals surface area contributed by atoms with Gasteiger partial charge in [0.25, 0.3) is 5.91 Å². The lowest BCUT2D eigenvalue weighted by Gasteiger charge is -2.25. The monoisotopic (exact) mass is 360 g/mol. The highest BCUT2D eigenvalue weighted by Crippen LogP contribution is 2.22. The van der Waals surface area contributed by atoms with Crippen LogP contribution in [-0.4, -0.2) is 30.3 Å². The number of benzene rings is 1. The minimum absolute atomic E-state index is 0.00595. The second-order valence-electron chi connectivity index (χ2n) is 6.12. The van der Waals surface area contributed by atoms with Gasteiger partial charge in [-0.25, -0.2) is 9.98 Å². The Balaban J connectivity index is 1.81. The Kier molecular flexibility index (Phi) is 5.35. The van der Waals surface area contributed by atoms with E-state index in [-0.39, 0.29) is 11.5 Å². The normalized spacial score (nSPS) is 22.6. The summed E-state index contributed by atoms with van der Waals surface area (Å²) in [5.74, 6) is -0.269. The fraction of sp³-hybridized carbons (Fsp3) is 0.353. The number of nitrogens with zero attached hydrogens (tertiary/aromatic N) is 2. The lowest BCUT2D eigenvalue weighted by molar-refractivity contribution is -0.113. The van der Waals surface area contributed by atoms with Crippen LogP contribution in [0.15, 0.2) is 45.5 Å². The zero-order chi connectivity index (χ0) is 17.8. The minimum atomic E-state index is -0.467. The van der Waals surface area contributed by atoms with E-state index in [1.54, 1.807) is 24.3 Å². The zero-order valence-electron chi connectivity index (χ0n) is 13.7. The molecule has 8 heteroatoms. The molecule has 0 saturated heterocycles. The summed E-state index contributed by atoms with van der Waals surface area (Å²) in [6.07, 6.45) is 5.44. The molecule has 0 spiro atoms. The van der Waals surface area contributed by atoms with Gasteiger partial charge in [-0.1, -0.05) is 30.5 Å². The first-order valence-corrected chi connectivity index (χ1v) is 8.60. The van der Waals surface area contributed by atoms with Gasteiger partial charge in [-0.2, -0.15) is 0 Å².